The number of rotatable bonds is 4. The van der Waals surface area contributed by atoms with Gasteiger partial charge in [-0.2, -0.15) is 4.31 Å². The zero-order valence-corrected chi connectivity index (χ0v) is 13.3. The number of carbonyl (C=O) groups excluding carboxylic acids is 1. The zero-order chi connectivity index (χ0) is 15.5. The van der Waals surface area contributed by atoms with E-state index in [4.69, 9.17) is 0 Å². The number of nitrogens with zero attached hydrogens (tertiary/aromatic N) is 1. The van der Waals surface area contributed by atoms with Gasteiger partial charge in [0.25, 0.3) is 0 Å². The third-order valence-electron chi connectivity index (χ3n) is 3.80. The maximum absolute atomic E-state index is 12.5. The van der Waals surface area contributed by atoms with E-state index in [0.29, 0.717) is 37.2 Å². The van der Waals surface area contributed by atoms with Gasteiger partial charge in [0.15, 0.2) is 0 Å². The van der Waals surface area contributed by atoms with Gasteiger partial charge < -0.3 is 5.32 Å². The van der Waals surface area contributed by atoms with Gasteiger partial charge >= 0.3 is 0 Å². The van der Waals surface area contributed by atoms with Crippen LogP contribution >= 0.6 is 0 Å². The number of hydrogen-bond donors (Lipinski definition) is 1. The number of piperidine rings is 1. The molecule has 5 nitrogen and oxygen atoms in total. The summed E-state index contributed by atoms with van der Waals surface area (Å²) in [6.07, 6.45) is 1.79. The maximum Gasteiger partial charge on any atom is 0.243 e. The Bertz CT molecular complexity index is 588. The summed E-state index contributed by atoms with van der Waals surface area (Å²) in [5.74, 6) is 0.0230. The van der Waals surface area contributed by atoms with E-state index in [1.807, 2.05) is 13.8 Å². The first kappa shape index (κ1) is 16.0. The molecule has 1 N–H and O–H groups in total. The van der Waals surface area contributed by atoms with Crippen LogP contribution in [0.25, 0.3) is 0 Å². The summed E-state index contributed by atoms with van der Waals surface area (Å²) < 4.78 is 26.6. The lowest BCUT2D eigenvalue weighted by molar-refractivity contribution is -0.121. The molecule has 1 aromatic rings. The molecule has 2 rings (SSSR count). The molecule has 0 radical (unpaired) electrons. The Labute approximate surface area is 126 Å². The van der Waals surface area contributed by atoms with Crippen molar-refractivity contribution in [2.24, 2.45) is 0 Å². The molecule has 1 heterocycles. The molecule has 0 saturated carbocycles. The molecule has 6 heteroatoms. The largest absolute Gasteiger partial charge is 0.353 e. The molecule has 1 fully saturated rings. The second kappa shape index (κ2) is 6.58. The van der Waals surface area contributed by atoms with Gasteiger partial charge in [-0.1, -0.05) is 24.6 Å². The summed E-state index contributed by atoms with van der Waals surface area (Å²) in [5, 5.41) is 2.93. The highest BCUT2D eigenvalue weighted by molar-refractivity contribution is 7.89. The zero-order valence-electron chi connectivity index (χ0n) is 12.5. The highest BCUT2D eigenvalue weighted by atomic mass is 32.2. The van der Waals surface area contributed by atoms with E-state index < -0.39 is 10.0 Å². The van der Waals surface area contributed by atoms with Crippen LogP contribution in [0.1, 0.15) is 31.7 Å². The molecule has 1 aliphatic rings. The third-order valence-corrected chi connectivity index (χ3v) is 5.71. The number of amides is 1. The van der Waals surface area contributed by atoms with Crippen LogP contribution in [0, 0.1) is 6.92 Å². The average Bonchev–Trinajstić information content (AvgIpc) is 2.48. The lowest BCUT2D eigenvalue weighted by Crippen LogP contribution is -2.46. The van der Waals surface area contributed by atoms with Crippen LogP contribution in [-0.4, -0.2) is 37.8 Å². The molecule has 21 heavy (non-hydrogen) atoms. The van der Waals surface area contributed by atoms with E-state index >= 15 is 0 Å². The first-order valence-corrected chi connectivity index (χ1v) is 8.73. The van der Waals surface area contributed by atoms with E-state index in [-0.39, 0.29) is 11.9 Å². The van der Waals surface area contributed by atoms with Gasteiger partial charge in [0.05, 0.1) is 4.90 Å². The van der Waals surface area contributed by atoms with Crippen molar-refractivity contribution in [3.63, 3.8) is 0 Å². The molecule has 1 aliphatic heterocycles. The van der Waals surface area contributed by atoms with Crippen molar-refractivity contribution in [2.75, 3.05) is 13.1 Å². The Morgan fingerprint density at radius 1 is 1.24 bits per heavy atom. The minimum Gasteiger partial charge on any atom is -0.353 e. The molecule has 1 aromatic carbocycles. The summed E-state index contributed by atoms with van der Waals surface area (Å²) in [5.41, 5.74) is 1.04. The minimum atomic E-state index is -3.42. The van der Waals surface area contributed by atoms with Gasteiger partial charge in [0.2, 0.25) is 15.9 Å². The van der Waals surface area contributed by atoms with Crippen molar-refractivity contribution < 1.29 is 13.2 Å². The molecule has 0 bridgehead atoms. The van der Waals surface area contributed by atoms with Gasteiger partial charge in [0.1, 0.15) is 0 Å². The molecular weight excluding hydrogens is 288 g/mol. The highest BCUT2D eigenvalue weighted by Crippen LogP contribution is 2.21. The van der Waals surface area contributed by atoms with Crippen molar-refractivity contribution in [2.45, 2.75) is 44.0 Å². The SMILES string of the molecule is CCC(=O)NC1CCN(S(=O)(=O)c2ccc(C)cc2)CC1. The van der Waals surface area contributed by atoms with Gasteiger partial charge in [0, 0.05) is 25.6 Å². The highest BCUT2D eigenvalue weighted by Gasteiger charge is 2.29. The summed E-state index contributed by atoms with van der Waals surface area (Å²) >= 11 is 0. The predicted octanol–water partition coefficient (Wildman–Crippen LogP) is 1.67. The topological polar surface area (TPSA) is 66.5 Å². The van der Waals surface area contributed by atoms with Crippen LogP contribution < -0.4 is 5.32 Å². The van der Waals surface area contributed by atoms with E-state index in [0.717, 1.165) is 5.56 Å². The van der Waals surface area contributed by atoms with Gasteiger partial charge in [-0.3, -0.25) is 4.79 Å². The van der Waals surface area contributed by atoms with Crippen molar-refractivity contribution in [1.82, 2.24) is 9.62 Å². The van der Waals surface area contributed by atoms with Gasteiger partial charge in [-0.25, -0.2) is 8.42 Å². The van der Waals surface area contributed by atoms with Crippen LogP contribution in [0.3, 0.4) is 0 Å². The number of sulfonamides is 1. The Morgan fingerprint density at radius 2 is 1.81 bits per heavy atom. The standard InChI is InChI=1S/C15H22N2O3S/c1-3-15(18)16-13-8-10-17(11-9-13)21(19,20)14-6-4-12(2)5-7-14/h4-7,13H,3,8-11H2,1-2H3,(H,16,18). The lowest BCUT2D eigenvalue weighted by atomic mass is 10.1. The lowest BCUT2D eigenvalue weighted by Gasteiger charge is -2.31. The fraction of sp³-hybridized carbons (Fsp3) is 0.533. The molecule has 0 aliphatic carbocycles. The van der Waals surface area contributed by atoms with Crippen molar-refractivity contribution >= 4 is 15.9 Å². The fourth-order valence-electron chi connectivity index (χ4n) is 2.43. The van der Waals surface area contributed by atoms with E-state index in [2.05, 4.69) is 5.32 Å². The molecule has 0 atom stereocenters. The van der Waals surface area contributed by atoms with E-state index in [1.54, 1.807) is 24.3 Å². The molecule has 0 unspecified atom stereocenters. The Balaban J connectivity index is 2.01. The number of aryl methyl sites for hydroxylation is 1. The summed E-state index contributed by atoms with van der Waals surface area (Å²) in [4.78, 5) is 11.7. The second-order valence-corrected chi connectivity index (χ2v) is 7.35. The van der Waals surface area contributed by atoms with E-state index in [9.17, 15) is 13.2 Å². The van der Waals surface area contributed by atoms with Crippen LogP contribution in [0.5, 0.6) is 0 Å². The number of hydrogen-bond acceptors (Lipinski definition) is 3. The van der Waals surface area contributed by atoms with Crippen LogP contribution in [-0.2, 0) is 14.8 Å². The Kier molecular flexibility index (Phi) is 5.00. The molecule has 1 saturated heterocycles. The van der Waals surface area contributed by atoms with E-state index in [1.165, 1.54) is 4.31 Å². The molecule has 0 spiro atoms. The molecule has 1 amide bonds. The van der Waals surface area contributed by atoms with Crippen molar-refractivity contribution in [1.29, 1.82) is 0 Å². The fourth-order valence-corrected chi connectivity index (χ4v) is 3.90. The predicted molar refractivity (Wildman–Crippen MR) is 81.4 cm³/mol. The molecule has 116 valence electrons. The quantitative estimate of drug-likeness (QED) is 0.920. The molecular formula is C15H22N2O3S. The summed E-state index contributed by atoms with van der Waals surface area (Å²) in [6, 6.07) is 7.00. The smallest absolute Gasteiger partial charge is 0.243 e. The first-order chi connectivity index (χ1) is 9.93. The average molecular weight is 310 g/mol. The maximum atomic E-state index is 12.5. The van der Waals surface area contributed by atoms with Crippen LogP contribution in [0.2, 0.25) is 0 Å². The Morgan fingerprint density at radius 3 is 2.33 bits per heavy atom. The van der Waals surface area contributed by atoms with Crippen LogP contribution in [0.4, 0.5) is 0 Å². The molecule has 0 aromatic heterocycles. The third kappa shape index (κ3) is 3.83. The second-order valence-electron chi connectivity index (χ2n) is 5.41. The minimum absolute atomic E-state index is 0.0230. The van der Waals surface area contributed by atoms with Crippen molar-refractivity contribution in [3.8, 4) is 0 Å². The van der Waals surface area contributed by atoms with Crippen molar-refractivity contribution in [3.05, 3.63) is 29.8 Å². The van der Waals surface area contributed by atoms with Gasteiger partial charge in [-0.15, -0.1) is 0 Å². The summed E-state index contributed by atoms with van der Waals surface area (Å²) in [6.45, 7) is 4.64. The number of carbonyl (C=O) groups is 1. The Hall–Kier alpha value is -1.40. The first-order valence-electron chi connectivity index (χ1n) is 7.29. The van der Waals surface area contributed by atoms with Crippen LogP contribution in [0.15, 0.2) is 29.2 Å². The summed E-state index contributed by atoms with van der Waals surface area (Å²) in [7, 11) is -3.42. The normalized spacial score (nSPS) is 17.6. The number of nitrogens with one attached hydrogen (secondary N) is 1. The van der Waals surface area contributed by atoms with Gasteiger partial charge in [-0.05, 0) is 31.9 Å². The monoisotopic (exact) mass is 310 g/mol. The number of benzene rings is 1.